The van der Waals surface area contributed by atoms with Crippen molar-refractivity contribution in [2.24, 2.45) is 0 Å². The van der Waals surface area contributed by atoms with Crippen LogP contribution < -0.4 is 0 Å². The number of nitrogens with zero attached hydrogens (tertiary/aromatic N) is 3. The summed E-state index contributed by atoms with van der Waals surface area (Å²) >= 11 is 0. The lowest BCUT2D eigenvalue weighted by atomic mass is 10.0. The molecule has 0 aliphatic heterocycles. The average Bonchev–Trinajstić information content (AvgIpc) is 3.21. The Kier molecular flexibility index (Phi) is 5.18. The molecule has 6 heteroatoms. The minimum Gasteiger partial charge on any atom is -0.291 e. The molecule has 5 aromatic rings. The number of aryl methyl sites for hydroxylation is 1. The van der Waals surface area contributed by atoms with Crippen LogP contribution in [0.4, 0.5) is 13.2 Å². The minimum atomic E-state index is -4.48. The largest absolute Gasteiger partial charge is 0.416 e. The molecule has 0 spiro atoms. The molecule has 34 heavy (non-hydrogen) atoms. The van der Waals surface area contributed by atoms with Gasteiger partial charge in [-0.2, -0.15) is 18.4 Å². The van der Waals surface area contributed by atoms with Crippen molar-refractivity contribution in [3.05, 3.63) is 107 Å². The second-order valence-electron chi connectivity index (χ2n) is 8.02. The van der Waals surface area contributed by atoms with Gasteiger partial charge in [0.15, 0.2) is 5.65 Å². The molecule has 0 aliphatic carbocycles. The maximum absolute atomic E-state index is 13.5. The maximum atomic E-state index is 13.5. The van der Waals surface area contributed by atoms with Crippen LogP contribution in [0.1, 0.15) is 27.8 Å². The number of rotatable bonds is 3. The Balaban J connectivity index is 1.80. The van der Waals surface area contributed by atoms with Crippen molar-refractivity contribution in [1.29, 1.82) is 5.26 Å². The molecule has 166 valence electrons. The number of pyridine rings is 1. The molecule has 0 saturated carbocycles. The van der Waals surface area contributed by atoms with E-state index in [1.807, 2.05) is 65.9 Å². The van der Waals surface area contributed by atoms with Crippen molar-refractivity contribution in [3.8, 4) is 17.3 Å². The number of nitriles is 1. The van der Waals surface area contributed by atoms with Crippen molar-refractivity contribution in [1.82, 2.24) is 9.38 Å². The monoisotopic (exact) mass is 453 g/mol. The molecule has 5 rings (SSSR count). The molecule has 0 saturated heterocycles. The molecule has 0 N–H and O–H groups in total. The summed E-state index contributed by atoms with van der Waals surface area (Å²) in [6.45, 7) is 1.99. The van der Waals surface area contributed by atoms with Gasteiger partial charge in [0.2, 0.25) is 0 Å². The van der Waals surface area contributed by atoms with Crippen LogP contribution in [0.15, 0.2) is 78.9 Å². The summed E-state index contributed by atoms with van der Waals surface area (Å²) < 4.78 is 42.3. The van der Waals surface area contributed by atoms with Gasteiger partial charge in [0.25, 0.3) is 0 Å². The topological polar surface area (TPSA) is 41.1 Å². The van der Waals surface area contributed by atoms with Gasteiger partial charge in [0, 0.05) is 0 Å². The molecule has 0 fully saturated rings. The second kappa shape index (κ2) is 8.20. The highest BCUT2D eigenvalue weighted by molar-refractivity contribution is 5.89. The van der Waals surface area contributed by atoms with E-state index in [1.165, 1.54) is 18.2 Å². The average molecular weight is 453 g/mol. The lowest BCUT2D eigenvalue weighted by Gasteiger charge is -2.12. The minimum absolute atomic E-state index is 0.0318. The van der Waals surface area contributed by atoms with Crippen LogP contribution in [0.5, 0.6) is 0 Å². The zero-order chi connectivity index (χ0) is 23.9. The summed E-state index contributed by atoms with van der Waals surface area (Å²) in [4.78, 5) is 4.69. The molecule has 0 atom stereocenters. The van der Waals surface area contributed by atoms with Crippen LogP contribution in [0.3, 0.4) is 0 Å². The van der Waals surface area contributed by atoms with E-state index in [1.54, 1.807) is 12.1 Å². The third kappa shape index (κ3) is 3.71. The number of halogens is 3. The van der Waals surface area contributed by atoms with Gasteiger partial charge >= 0.3 is 6.18 Å². The van der Waals surface area contributed by atoms with Gasteiger partial charge in [-0.3, -0.25) is 4.40 Å². The van der Waals surface area contributed by atoms with Crippen LogP contribution in [-0.4, -0.2) is 9.38 Å². The van der Waals surface area contributed by atoms with Gasteiger partial charge in [-0.25, -0.2) is 4.98 Å². The molecular formula is C28H18F3N3. The molecule has 0 bridgehead atoms. The van der Waals surface area contributed by atoms with Crippen molar-refractivity contribution in [2.45, 2.75) is 13.1 Å². The maximum Gasteiger partial charge on any atom is 0.416 e. The van der Waals surface area contributed by atoms with E-state index in [2.05, 4.69) is 6.07 Å². The molecule has 2 aromatic heterocycles. The van der Waals surface area contributed by atoms with E-state index < -0.39 is 11.7 Å². The Morgan fingerprint density at radius 3 is 2.38 bits per heavy atom. The van der Waals surface area contributed by atoms with Gasteiger partial charge in [-0.15, -0.1) is 0 Å². The third-order valence-corrected chi connectivity index (χ3v) is 5.74. The highest BCUT2D eigenvalue weighted by atomic mass is 19.4. The summed E-state index contributed by atoms with van der Waals surface area (Å²) in [6.07, 6.45) is -1.52. The number of benzene rings is 3. The molecular weight excluding hydrogens is 435 g/mol. The van der Waals surface area contributed by atoms with Crippen LogP contribution >= 0.6 is 0 Å². The number of hydrogen-bond donors (Lipinski definition) is 0. The Morgan fingerprint density at radius 1 is 0.882 bits per heavy atom. The number of para-hydroxylation sites is 2. The Morgan fingerprint density at radius 2 is 1.62 bits per heavy atom. The second-order valence-corrected chi connectivity index (χ2v) is 8.02. The van der Waals surface area contributed by atoms with Gasteiger partial charge in [-0.1, -0.05) is 66.2 Å². The molecule has 2 heterocycles. The highest BCUT2D eigenvalue weighted by Crippen LogP contribution is 2.34. The zero-order valence-electron chi connectivity index (χ0n) is 18.1. The predicted molar refractivity (Wildman–Crippen MR) is 128 cm³/mol. The molecule has 0 amide bonds. The number of hydrogen-bond acceptors (Lipinski definition) is 2. The number of alkyl halides is 3. The summed E-state index contributed by atoms with van der Waals surface area (Å²) in [5.74, 6) is 0. The first-order valence-electron chi connectivity index (χ1n) is 10.6. The van der Waals surface area contributed by atoms with Gasteiger partial charge in [0.1, 0.15) is 11.6 Å². The van der Waals surface area contributed by atoms with Gasteiger partial charge in [-0.05, 0) is 53.9 Å². The Hall–Kier alpha value is -4.37. The molecule has 3 nitrogen and oxygen atoms in total. The lowest BCUT2D eigenvalue weighted by molar-refractivity contribution is -0.137. The lowest BCUT2D eigenvalue weighted by Crippen LogP contribution is -2.06. The Bertz CT molecular complexity index is 1620. The van der Waals surface area contributed by atoms with Gasteiger partial charge in [0.05, 0.1) is 22.3 Å². The van der Waals surface area contributed by atoms with Crippen molar-refractivity contribution < 1.29 is 13.2 Å². The fourth-order valence-electron chi connectivity index (χ4n) is 4.19. The van der Waals surface area contributed by atoms with E-state index in [9.17, 15) is 18.4 Å². The van der Waals surface area contributed by atoms with E-state index in [4.69, 9.17) is 4.98 Å². The number of imidazole rings is 1. The fourth-order valence-corrected chi connectivity index (χ4v) is 4.19. The molecule has 0 unspecified atom stereocenters. The SMILES string of the molecule is Cc1cccc(-c2cc(/C=C/c3ccccc3C(F)(F)F)c(C#N)c3nc4ccccc4n23)c1. The normalized spacial score (nSPS) is 12.0. The van der Waals surface area contributed by atoms with Crippen molar-refractivity contribution in [2.75, 3.05) is 0 Å². The standard InChI is InChI=1S/C28H18F3N3/c1-18-7-6-9-21(15-18)26-16-20(14-13-19-8-2-3-10-23(19)28(29,30)31)22(17-32)27-33-24-11-4-5-12-25(24)34(26)27/h2-16H,1H3/b14-13+. The first-order valence-corrected chi connectivity index (χ1v) is 10.6. The van der Waals surface area contributed by atoms with Crippen LogP contribution in [0.25, 0.3) is 40.1 Å². The summed E-state index contributed by atoms with van der Waals surface area (Å²) in [7, 11) is 0. The zero-order valence-corrected chi connectivity index (χ0v) is 18.1. The van der Waals surface area contributed by atoms with E-state index in [0.29, 0.717) is 16.8 Å². The first kappa shape index (κ1) is 21.5. The number of fused-ring (bicyclic) bond motifs is 3. The Labute approximate surface area is 194 Å². The molecule has 0 aliphatic rings. The van der Waals surface area contributed by atoms with E-state index in [0.717, 1.165) is 33.9 Å². The quantitative estimate of drug-likeness (QED) is 0.283. The van der Waals surface area contributed by atoms with Gasteiger partial charge < -0.3 is 0 Å². The van der Waals surface area contributed by atoms with E-state index >= 15 is 0 Å². The van der Waals surface area contributed by atoms with Crippen molar-refractivity contribution in [3.63, 3.8) is 0 Å². The van der Waals surface area contributed by atoms with E-state index in [-0.39, 0.29) is 5.56 Å². The van der Waals surface area contributed by atoms with Crippen LogP contribution in [0, 0.1) is 18.3 Å². The number of aromatic nitrogens is 2. The highest BCUT2D eigenvalue weighted by Gasteiger charge is 2.32. The van der Waals surface area contributed by atoms with Crippen LogP contribution in [-0.2, 0) is 6.18 Å². The fraction of sp³-hybridized carbons (Fsp3) is 0.0714. The summed E-state index contributed by atoms with van der Waals surface area (Å²) in [6, 6.07) is 25.0. The summed E-state index contributed by atoms with van der Waals surface area (Å²) in [5, 5.41) is 10.0. The molecule has 3 aromatic carbocycles. The van der Waals surface area contributed by atoms with Crippen LogP contribution in [0.2, 0.25) is 0 Å². The third-order valence-electron chi connectivity index (χ3n) is 5.74. The predicted octanol–water partition coefficient (Wildman–Crippen LogP) is 7.52. The molecule has 0 radical (unpaired) electrons. The summed E-state index contributed by atoms with van der Waals surface area (Å²) in [5.41, 5.74) is 4.94. The smallest absolute Gasteiger partial charge is 0.291 e. The van der Waals surface area contributed by atoms with Crippen molar-refractivity contribution >= 4 is 28.8 Å². The first-order chi connectivity index (χ1) is 16.4.